The Kier molecular flexibility index (Phi) is 8.23. The Morgan fingerprint density at radius 3 is 2.30 bits per heavy atom. The molecule has 8 heteroatoms. The number of carboxylic acids is 1. The molecule has 196 valence electrons. The Balaban J connectivity index is 2.29. The van der Waals surface area contributed by atoms with Crippen LogP contribution in [0.4, 0.5) is 5.69 Å². The number of carbonyl (C=O) groups is 1. The average Bonchev–Trinajstić information content (AvgIpc) is 2.84. The molecule has 3 aromatic rings. The number of carboxylic acid groups (broad SMARTS) is 1. The summed E-state index contributed by atoms with van der Waals surface area (Å²) in [6.45, 7) is 9.57. The molecular formula is C29H35N3O5. The molecule has 0 saturated carbocycles. The number of hydrogen-bond acceptors (Lipinski definition) is 6. The highest BCUT2D eigenvalue weighted by atomic mass is 16.5. The zero-order valence-corrected chi connectivity index (χ0v) is 22.4. The first-order chi connectivity index (χ1) is 17.4. The summed E-state index contributed by atoms with van der Waals surface area (Å²) in [5, 5.41) is 21.7. The summed E-state index contributed by atoms with van der Waals surface area (Å²) in [6, 6.07) is 13.2. The lowest BCUT2D eigenvalue weighted by Crippen LogP contribution is -2.34. The van der Waals surface area contributed by atoms with E-state index in [0.29, 0.717) is 23.2 Å². The van der Waals surface area contributed by atoms with Crippen molar-refractivity contribution in [3.8, 4) is 16.9 Å². The third-order valence-electron chi connectivity index (χ3n) is 6.19. The summed E-state index contributed by atoms with van der Waals surface area (Å²) in [7, 11) is 3.13. The highest BCUT2D eigenvalue weighted by Gasteiger charge is 2.34. The molecule has 0 bridgehead atoms. The number of ether oxygens (including phenoxy) is 2. The van der Waals surface area contributed by atoms with Gasteiger partial charge in [0.2, 0.25) is 0 Å². The number of nitrogens with zero attached hydrogens (tertiary/aromatic N) is 1. The number of nitrogens with one attached hydrogen (secondary N) is 2. The first kappa shape index (κ1) is 27.7. The van der Waals surface area contributed by atoms with E-state index in [0.717, 1.165) is 28.7 Å². The minimum atomic E-state index is -1.43. The molecule has 2 aromatic carbocycles. The number of rotatable bonds is 9. The molecule has 1 atom stereocenters. The van der Waals surface area contributed by atoms with Gasteiger partial charge in [0.25, 0.3) is 5.56 Å². The van der Waals surface area contributed by atoms with Crippen LogP contribution in [0.3, 0.4) is 0 Å². The molecule has 37 heavy (non-hydrogen) atoms. The number of aryl methyl sites for hydroxylation is 2. The van der Waals surface area contributed by atoms with Crippen LogP contribution in [0.5, 0.6) is 5.75 Å². The topological polar surface area (TPSA) is 114 Å². The smallest absolute Gasteiger partial charge is 0.339 e. The Morgan fingerprint density at radius 2 is 1.78 bits per heavy atom. The lowest BCUT2D eigenvalue weighted by atomic mass is 9.92. The molecule has 0 amide bonds. The van der Waals surface area contributed by atoms with Gasteiger partial charge in [0.15, 0.2) is 6.10 Å². The Morgan fingerprint density at radius 1 is 1.14 bits per heavy atom. The first-order valence-corrected chi connectivity index (χ1v) is 12.0. The van der Waals surface area contributed by atoms with E-state index < -0.39 is 23.2 Å². The molecule has 0 aliphatic heterocycles. The fourth-order valence-corrected chi connectivity index (χ4v) is 4.16. The minimum absolute atomic E-state index is 0.184. The molecule has 1 aromatic heterocycles. The molecule has 3 N–H and O–H groups in total. The summed E-state index contributed by atoms with van der Waals surface area (Å²) in [4.78, 5) is 26.1. The highest BCUT2D eigenvalue weighted by Crippen LogP contribution is 2.37. The quantitative estimate of drug-likeness (QED) is 0.343. The van der Waals surface area contributed by atoms with Gasteiger partial charge >= 0.3 is 5.97 Å². The van der Waals surface area contributed by atoms with E-state index in [4.69, 9.17) is 14.9 Å². The second-order valence-electron chi connectivity index (χ2n) is 10.0. The summed E-state index contributed by atoms with van der Waals surface area (Å²) in [5.74, 6) is -0.496. The standard InChI is InChI=1S/C29H35N3O5/c1-17-8-11-20(14-18(17)2)23-22(15-30)24(31-16-19-9-12-21(36-7)13-10-19)27(33)32(6)25(23)26(28(34)35)37-29(3,4)5/h8-15,26,30-31H,16H2,1-7H3,(H,34,35). The largest absolute Gasteiger partial charge is 0.497 e. The SMILES string of the molecule is COc1ccc(CNc2c(C=N)c(-c3ccc(C)c(C)c3)c(C(OC(C)(C)C)C(=O)O)n(C)c2=O)cc1. The van der Waals surface area contributed by atoms with Crippen LogP contribution in [-0.2, 0) is 23.1 Å². The Hall–Kier alpha value is -3.91. The molecule has 0 spiro atoms. The molecular weight excluding hydrogens is 470 g/mol. The zero-order chi connectivity index (χ0) is 27.5. The van der Waals surface area contributed by atoms with Crippen molar-refractivity contribution in [3.63, 3.8) is 0 Å². The van der Waals surface area contributed by atoms with E-state index in [-0.39, 0.29) is 11.4 Å². The molecule has 1 unspecified atom stereocenters. The first-order valence-electron chi connectivity index (χ1n) is 12.0. The number of aliphatic carboxylic acids is 1. The van der Waals surface area contributed by atoms with Crippen LogP contribution in [0, 0.1) is 19.3 Å². The van der Waals surface area contributed by atoms with Crippen molar-refractivity contribution in [2.75, 3.05) is 12.4 Å². The van der Waals surface area contributed by atoms with Gasteiger partial charge in [0, 0.05) is 30.9 Å². The summed E-state index contributed by atoms with van der Waals surface area (Å²) in [6.07, 6.45) is -0.328. The summed E-state index contributed by atoms with van der Waals surface area (Å²) in [5.41, 5.74) is 3.61. The van der Waals surface area contributed by atoms with Crippen molar-refractivity contribution in [1.29, 1.82) is 5.41 Å². The third kappa shape index (κ3) is 6.09. The van der Waals surface area contributed by atoms with E-state index in [9.17, 15) is 14.7 Å². The van der Waals surface area contributed by atoms with Gasteiger partial charge in [0.05, 0.1) is 18.4 Å². The number of pyridine rings is 1. The van der Waals surface area contributed by atoms with Crippen LogP contribution in [-0.4, -0.2) is 34.6 Å². The average molecular weight is 506 g/mol. The Bertz CT molecular complexity index is 1370. The lowest BCUT2D eigenvalue weighted by Gasteiger charge is -2.29. The van der Waals surface area contributed by atoms with Crippen LogP contribution in [0.1, 0.15) is 54.8 Å². The van der Waals surface area contributed by atoms with E-state index in [1.54, 1.807) is 27.9 Å². The number of methoxy groups -OCH3 is 1. The van der Waals surface area contributed by atoms with Crippen molar-refractivity contribution in [1.82, 2.24) is 4.57 Å². The van der Waals surface area contributed by atoms with Crippen LogP contribution >= 0.6 is 0 Å². The van der Waals surface area contributed by atoms with Crippen molar-refractivity contribution in [2.24, 2.45) is 7.05 Å². The van der Waals surface area contributed by atoms with Crippen LogP contribution < -0.4 is 15.6 Å². The predicted octanol–water partition coefficient (Wildman–Crippen LogP) is 5.23. The van der Waals surface area contributed by atoms with Crippen molar-refractivity contribution < 1.29 is 19.4 Å². The Labute approximate surface area is 217 Å². The van der Waals surface area contributed by atoms with Gasteiger partial charge in [-0.05, 0) is 69.0 Å². The molecule has 0 radical (unpaired) electrons. The zero-order valence-electron chi connectivity index (χ0n) is 22.4. The van der Waals surface area contributed by atoms with Gasteiger partial charge in [-0.15, -0.1) is 0 Å². The molecule has 1 heterocycles. The predicted molar refractivity (Wildman–Crippen MR) is 146 cm³/mol. The fourth-order valence-electron chi connectivity index (χ4n) is 4.16. The number of anilines is 1. The van der Waals surface area contributed by atoms with Gasteiger partial charge in [0.1, 0.15) is 11.4 Å². The molecule has 0 aliphatic rings. The fraction of sp³-hybridized carbons (Fsp3) is 0.345. The van der Waals surface area contributed by atoms with Gasteiger partial charge in [-0.2, -0.15) is 0 Å². The number of benzene rings is 2. The van der Waals surface area contributed by atoms with Gasteiger partial charge < -0.3 is 29.9 Å². The third-order valence-corrected chi connectivity index (χ3v) is 6.19. The molecule has 0 aliphatic carbocycles. The second-order valence-corrected chi connectivity index (χ2v) is 10.0. The second kappa shape index (κ2) is 11.0. The van der Waals surface area contributed by atoms with E-state index >= 15 is 0 Å². The molecule has 0 saturated heterocycles. The van der Waals surface area contributed by atoms with E-state index in [1.165, 1.54) is 11.6 Å². The van der Waals surface area contributed by atoms with Gasteiger partial charge in [-0.3, -0.25) is 4.79 Å². The van der Waals surface area contributed by atoms with Crippen LogP contribution in [0.25, 0.3) is 11.1 Å². The molecule has 8 nitrogen and oxygen atoms in total. The molecule has 3 rings (SSSR count). The maximum atomic E-state index is 13.6. The lowest BCUT2D eigenvalue weighted by molar-refractivity contribution is -0.161. The maximum Gasteiger partial charge on any atom is 0.339 e. The maximum absolute atomic E-state index is 13.6. The van der Waals surface area contributed by atoms with E-state index in [1.807, 2.05) is 56.3 Å². The minimum Gasteiger partial charge on any atom is -0.497 e. The molecule has 0 fully saturated rings. The monoisotopic (exact) mass is 505 g/mol. The number of hydrogen-bond donors (Lipinski definition) is 3. The summed E-state index contributed by atoms with van der Waals surface area (Å²) >= 11 is 0. The van der Waals surface area contributed by atoms with Gasteiger partial charge in [-0.25, -0.2) is 4.79 Å². The van der Waals surface area contributed by atoms with E-state index in [2.05, 4.69) is 5.32 Å². The van der Waals surface area contributed by atoms with Crippen LogP contribution in [0.2, 0.25) is 0 Å². The normalized spacial score (nSPS) is 12.2. The van der Waals surface area contributed by atoms with Crippen molar-refractivity contribution >= 4 is 17.9 Å². The van der Waals surface area contributed by atoms with Crippen molar-refractivity contribution in [2.45, 2.75) is 52.9 Å². The number of aromatic nitrogens is 1. The summed E-state index contributed by atoms with van der Waals surface area (Å²) < 4.78 is 12.5. The van der Waals surface area contributed by atoms with Gasteiger partial charge in [-0.1, -0.05) is 30.3 Å². The van der Waals surface area contributed by atoms with Crippen molar-refractivity contribution in [3.05, 3.63) is 80.8 Å². The highest BCUT2D eigenvalue weighted by molar-refractivity contribution is 5.97. The van der Waals surface area contributed by atoms with Crippen LogP contribution in [0.15, 0.2) is 47.3 Å².